The summed E-state index contributed by atoms with van der Waals surface area (Å²) in [5.41, 5.74) is 1.20. The van der Waals surface area contributed by atoms with Gasteiger partial charge in [-0.2, -0.15) is 0 Å². The van der Waals surface area contributed by atoms with Gasteiger partial charge in [0.2, 0.25) is 0 Å². The van der Waals surface area contributed by atoms with Gasteiger partial charge in [-0.25, -0.2) is 0 Å². The van der Waals surface area contributed by atoms with E-state index in [1.165, 1.54) is 57.2 Å². The van der Waals surface area contributed by atoms with Gasteiger partial charge in [0.15, 0.2) is 0 Å². The smallest absolute Gasteiger partial charge is 0.0416 e. The number of rotatable bonds is 5. The SMILES string of the molecule is c1ccc(CCNCC2CCCCCCC2)nc1. The van der Waals surface area contributed by atoms with Crippen molar-refractivity contribution in [2.45, 2.75) is 51.4 Å². The maximum Gasteiger partial charge on any atom is 0.0416 e. The third kappa shape index (κ3) is 5.18. The van der Waals surface area contributed by atoms with E-state index in [0.717, 1.165) is 18.9 Å². The van der Waals surface area contributed by atoms with Crippen molar-refractivity contribution in [1.82, 2.24) is 10.3 Å². The third-order valence-corrected chi connectivity index (χ3v) is 3.94. The van der Waals surface area contributed by atoms with Gasteiger partial charge in [0.05, 0.1) is 0 Å². The van der Waals surface area contributed by atoms with Crippen LogP contribution in [0.2, 0.25) is 0 Å². The summed E-state index contributed by atoms with van der Waals surface area (Å²) in [7, 11) is 0. The second-order valence-electron chi connectivity index (χ2n) is 5.49. The average Bonchev–Trinajstić information content (AvgIpc) is 2.38. The highest BCUT2D eigenvalue weighted by Crippen LogP contribution is 2.21. The van der Waals surface area contributed by atoms with E-state index in [2.05, 4.69) is 22.4 Å². The minimum absolute atomic E-state index is 0.911. The molecule has 1 saturated carbocycles. The van der Waals surface area contributed by atoms with Crippen LogP contribution in [0.15, 0.2) is 24.4 Å². The number of pyridine rings is 1. The Bertz CT molecular complexity index is 302. The van der Waals surface area contributed by atoms with Crippen LogP contribution < -0.4 is 5.32 Å². The molecule has 1 aliphatic rings. The molecule has 0 spiro atoms. The molecule has 1 aromatic heterocycles. The highest BCUT2D eigenvalue weighted by Gasteiger charge is 2.10. The quantitative estimate of drug-likeness (QED) is 0.803. The van der Waals surface area contributed by atoms with E-state index in [1.54, 1.807) is 0 Å². The van der Waals surface area contributed by atoms with Gasteiger partial charge in [0.25, 0.3) is 0 Å². The number of hydrogen-bond donors (Lipinski definition) is 1. The molecule has 0 aromatic carbocycles. The van der Waals surface area contributed by atoms with Crippen molar-refractivity contribution in [3.63, 3.8) is 0 Å². The number of nitrogens with zero attached hydrogens (tertiary/aromatic N) is 1. The van der Waals surface area contributed by atoms with Crippen LogP contribution in [-0.2, 0) is 6.42 Å². The Balaban J connectivity index is 1.59. The fraction of sp³-hybridized carbons (Fsp3) is 0.688. The minimum Gasteiger partial charge on any atom is -0.316 e. The second-order valence-corrected chi connectivity index (χ2v) is 5.49. The zero-order valence-electron chi connectivity index (χ0n) is 11.4. The van der Waals surface area contributed by atoms with Crippen LogP contribution in [-0.4, -0.2) is 18.1 Å². The number of aromatic nitrogens is 1. The van der Waals surface area contributed by atoms with Crippen molar-refractivity contribution in [2.75, 3.05) is 13.1 Å². The van der Waals surface area contributed by atoms with Crippen molar-refractivity contribution in [3.8, 4) is 0 Å². The van der Waals surface area contributed by atoms with Crippen molar-refractivity contribution < 1.29 is 0 Å². The maximum absolute atomic E-state index is 4.35. The molecule has 2 heteroatoms. The molecular formula is C16H26N2. The maximum atomic E-state index is 4.35. The van der Waals surface area contributed by atoms with E-state index in [9.17, 15) is 0 Å². The van der Waals surface area contributed by atoms with Gasteiger partial charge in [-0.15, -0.1) is 0 Å². The van der Waals surface area contributed by atoms with Crippen LogP contribution in [0.3, 0.4) is 0 Å². The summed E-state index contributed by atoms with van der Waals surface area (Å²) < 4.78 is 0. The van der Waals surface area contributed by atoms with E-state index >= 15 is 0 Å². The van der Waals surface area contributed by atoms with E-state index in [-0.39, 0.29) is 0 Å². The Hall–Kier alpha value is -0.890. The molecule has 1 heterocycles. The Morgan fingerprint density at radius 2 is 1.83 bits per heavy atom. The first-order chi connectivity index (χ1) is 8.95. The molecule has 2 rings (SSSR count). The van der Waals surface area contributed by atoms with Crippen molar-refractivity contribution in [1.29, 1.82) is 0 Å². The third-order valence-electron chi connectivity index (χ3n) is 3.94. The summed E-state index contributed by atoms with van der Waals surface area (Å²) in [4.78, 5) is 4.35. The summed E-state index contributed by atoms with van der Waals surface area (Å²) in [5.74, 6) is 0.911. The summed E-state index contributed by atoms with van der Waals surface area (Å²) >= 11 is 0. The average molecular weight is 246 g/mol. The first-order valence-electron chi connectivity index (χ1n) is 7.56. The van der Waals surface area contributed by atoms with Gasteiger partial charge in [-0.3, -0.25) is 4.98 Å². The van der Waals surface area contributed by atoms with E-state index in [1.807, 2.05) is 12.3 Å². The van der Waals surface area contributed by atoms with Gasteiger partial charge in [-0.1, -0.05) is 38.2 Å². The van der Waals surface area contributed by atoms with Crippen LogP contribution in [0.4, 0.5) is 0 Å². The molecule has 1 N–H and O–H groups in total. The normalized spacial score (nSPS) is 18.2. The Morgan fingerprint density at radius 1 is 1.06 bits per heavy atom. The van der Waals surface area contributed by atoms with Crippen molar-refractivity contribution in [2.24, 2.45) is 5.92 Å². The molecule has 1 aliphatic carbocycles. The second kappa shape index (κ2) is 8.25. The lowest BCUT2D eigenvalue weighted by Crippen LogP contribution is -2.25. The molecular weight excluding hydrogens is 220 g/mol. The molecule has 0 unspecified atom stereocenters. The standard InChI is InChI=1S/C16H26N2/c1-2-4-8-15(9-5-3-1)14-17-13-11-16-10-6-7-12-18-16/h6-7,10,12,15,17H,1-5,8-9,11,13-14H2. The highest BCUT2D eigenvalue weighted by atomic mass is 14.9. The van der Waals surface area contributed by atoms with Crippen LogP contribution in [0, 0.1) is 5.92 Å². The fourth-order valence-corrected chi connectivity index (χ4v) is 2.81. The highest BCUT2D eigenvalue weighted by molar-refractivity contribution is 5.03. The van der Waals surface area contributed by atoms with Crippen LogP contribution >= 0.6 is 0 Å². The Labute approximate surface area is 111 Å². The monoisotopic (exact) mass is 246 g/mol. The number of nitrogens with one attached hydrogen (secondary N) is 1. The molecule has 0 atom stereocenters. The molecule has 0 radical (unpaired) electrons. The van der Waals surface area contributed by atoms with Crippen molar-refractivity contribution in [3.05, 3.63) is 30.1 Å². The topological polar surface area (TPSA) is 24.9 Å². The lowest BCUT2D eigenvalue weighted by atomic mass is 9.91. The van der Waals surface area contributed by atoms with E-state index in [4.69, 9.17) is 0 Å². The van der Waals surface area contributed by atoms with Gasteiger partial charge >= 0.3 is 0 Å². The largest absolute Gasteiger partial charge is 0.316 e. The first-order valence-corrected chi connectivity index (χ1v) is 7.56. The van der Waals surface area contributed by atoms with Crippen LogP contribution in [0.5, 0.6) is 0 Å². The first kappa shape index (κ1) is 13.5. The van der Waals surface area contributed by atoms with Gasteiger partial charge < -0.3 is 5.32 Å². The summed E-state index contributed by atoms with van der Waals surface area (Å²) in [6.45, 7) is 2.26. The molecule has 100 valence electrons. The fourth-order valence-electron chi connectivity index (χ4n) is 2.81. The predicted octanol–water partition coefficient (Wildman–Crippen LogP) is 3.57. The van der Waals surface area contributed by atoms with Gasteiger partial charge in [0.1, 0.15) is 0 Å². The molecule has 18 heavy (non-hydrogen) atoms. The zero-order chi connectivity index (χ0) is 12.5. The summed E-state index contributed by atoms with van der Waals surface area (Å²) in [6.07, 6.45) is 13.0. The lowest BCUT2D eigenvalue weighted by Gasteiger charge is -2.20. The summed E-state index contributed by atoms with van der Waals surface area (Å²) in [6, 6.07) is 6.15. The van der Waals surface area contributed by atoms with Crippen molar-refractivity contribution >= 4 is 0 Å². The summed E-state index contributed by atoms with van der Waals surface area (Å²) in [5, 5.41) is 3.61. The van der Waals surface area contributed by atoms with Crippen LogP contribution in [0.25, 0.3) is 0 Å². The predicted molar refractivity (Wildman–Crippen MR) is 76.6 cm³/mol. The Kier molecular flexibility index (Phi) is 6.21. The molecule has 0 saturated heterocycles. The van der Waals surface area contributed by atoms with E-state index in [0.29, 0.717) is 0 Å². The molecule has 0 amide bonds. The molecule has 0 aliphatic heterocycles. The molecule has 2 nitrogen and oxygen atoms in total. The van der Waals surface area contributed by atoms with E-state index < -0.39 is 0 Å². The van der Waals surface area contributed by atoms with Gasteiger partial charge in [0, 0.05) is 24.9 Å². The molecule has 1 aromatic rings. The number of hydrogen-bond acceptors (Lipinski definition) is 2. The molecule has 0 bridgehead atoms. The molecule has 1 fully saturated rings. The van der Waals surface area contributed by atoms with Crippen LogP contribution in [0.1, 0.15) is 50.6 Å². The Morgan fingerprint density at radius 3 is 2.56 bits per heavy atom. The zero-order valence-corrected chi connectivity index (χ0v) is 11.4. The van der Waals surface area contributed by atoms with Gasteiger partial charge in [-0.05, 0) is 37.4 Å². The lowest BCUT2D eigenvalue weighted by molar-refractivity contribution is 0.362. The minimum atomic E-state index is 0.911.